The number of anilines is 1. The molecular weight excluding hydrogens is 440 g/mol. The van der Waals surface area contributed by atoms with E-state index in [1.54, 1.807) is 31.4 Å². The predicted octanol–water partition coefficient (Wildman–Crippen LogP) is 6.02. The smallest absolute Gasteiger partial charge is 0.367 e. The molecule has 0 aliphatic heterocycles. The SMILES string of the molecule is COc1ccc(C)cc1NC(=O)C12CCC(C)(C(=NOC(=O)c3ccccc3Cl)C1)C2(C)C. The first-order valence-electron chi connectivity index (χ1n) is 11.0. The maximum atomic E-state index is 13.7. The molecule has 4 rings (SSSR count). The van der Waals surface area contributed by atoms with E-state index in [0.29, 0.717) is 22.9 Å². The number of ether oxygens (including phenoxy) is 1. The number of aryl methyl sites for hydroxylation is 1. The molecular formula is C26H29ClN2O4. The summed E-state index contributed by atoms with van der Waals surface area (Å²) < 4.78 is 5.44. The van der Waals surface area contributed by atoms with Crippen molar-refractivity contribution in [3.63, 3.8) is 0 Å². The largest absolute Gasteiger partial charge is 0.495 e. The van der Waals surface area contributed by atoms with Gasteiger partial charge in [-0.3, -0.25) is 4.79 Å². The fourth-order valence-corrected chi connectivity index (χ4v) is 5.67. The second-order valence-corrected chi connectivity index (χ2v) is 10.2. The normalized spacial score (nSPS) is 26.3. The zero-order valence-electron chi connectivity index (χ0n) is 19.6. The van der Waals surface area contributed by atoms with Crippen LogP contribution in [-0.4, -0.2) is 24.7 Å². The second-order valence-electron chi connectivity index (χ2n) is 9.77. The molecule has 6 nitrogen and oxygen atoms in total. The molecule has 0 aromatic heterocycles. The highest BCUT2D eigenvalue weighted by atomic mass is 35.5. The first kappa shape index (κ1) is 23.3. The molecule has 33 heavy (non-hydrogen) atoms. The Balaban J connectivity index is 1.62. The fraction of sp³-hybridized carbons (Fsp3) is 0.423. The minimum atomic E-state index is -0.674. The Kier molecular flexibility index (Phi) is 5.77. The average molecular weight is 469 g/mol. The lowest BCUT2D eigenvalue weighted by Crippen LogP contribution is -2.43. The number of hydrogen-bond acceptors (Lipinski definition) is 5. The molecule has 2 atom stereocenters. The minimum absolute atomic E-state index is 0.0669. The van der Waals surface area contributed by atoms with Gasteiger partial charge < -0.3 is 14.9 Å². The van der Waals surface area contributed by atoms with E-state index in [4.69, 9.17) is 21.2 Å². The molecule has 2 aromatic carbocycles. The van der Waals surface area contributed by atoms with Crippen LogP contribution in [0.15, 0.2) is 47.6 Å². The number of benzene rings is 2. The summed E-state index contributed by atoms with van der Waals surface area (Å²) in [6.45, 7) is 8.28. The van der Waals surface area contributed by atoms with Crippen LogP contribution in [0.2, 0.25) is 5.02 Å². The topological polar surface area (TPSA) is 77.0 Å². The highest BCUT2D eigenvalue weighted by molar-refractivity contribution is 6.33. The van der Waals surface area contributed by atoms with Crippen LogP contribution >= 0.6 is 11.6 Å². The van der Waals surface area contributed by atoms with E-state index >= 15 is 0 Å². The van der Waals surface area contributed by atoms with Gasteiger partial charge in [0.1, 0.15) is 5.75 Å². The van der Waals surface area contributed by atoms with Crippen LogP contribution in [0.1, 0.15) is 56.0 Å². The van der Waals surface area contributed by atoms with Crippen molar-refractivity contribution in [2.75, 3.05) is 12.4 Å². The van der Waals surface area contributed by atoms with Gasteiger partial charge in [-0.2, -0.15) is 0 Å². The third-order valence-electron chi connectivity index (χ3n) is 8.10. The number of carbonyl (C=O) groups excluding carboxylic acids is 2. The summed E-state index contributed by atoms with van der Waals surface area (Å²) in [5.74, 6) is -0.0625. The molecule has 1 N–H and O–H groups in total. The van der Waals surface area contributed by atoms with E-state index in [-0.39, 0.29) is 16.9 Å². The molecule has 0 radical (unpaired) electrons. The zero-order chi connectivity index (χ0) is 24.0. The minimum Gasteiger partial charge on any atom is -0.495 e. The number of rotatable bonds is 5. The number of oxime groups is 1. The Hall–Kier alpha value is -2.86. The molecule has 1 amide bonds. The van der Waals surface area contributed by atoms with E-state index in [0.717, 1.165) is 24.1 Å². The van der Waals surface area contributed by atoms with Crippen molar-refractivity contribution < 1.29 is 19.2 Å². The number of nitrogens with zero attached hydrogens (tertiary/aromatic N) is 1. The molecule has 174 valence electrons. The van der Waals surface area contributed by atoms with E-state index < -0.39 is 16.8 Å². The standard InChI is InChI=1S/C26H29ClN2O4/c1-16-10-11-20(32-5)19(14-16)28-23(31)26-13-12-25(4,24(26,2)3)21(15-26)29-33-22(30)17-8-6-7-9-18(17)27/h6-11,14H,12-13,15H2,1-5H3,(H,28,31). The molecule has 2 fully saturated rings. The number of amides is 1. The molecule has 2 bridgehead atoms. The van der Waals surface area contributed by atoms with Gasteiger partial charge in [-0.15, -0.1) is 0 Å². The number of fused-ring (bicyclic) bond motifs is 2. The predicted molar refractivity (Wildman–Crippen MR) is 129 cm³/mol. The molecule has 0 saturated heterocycles. The van der Waals surface area contributed by atoms with Gasteiger partial charge in [0.2, 0.25) is 5.91 Å². The number of hydrogen-bond donors (Lipinski definition) is 1. The summed E-state index contributed by atoms with van der Waals surface area (Å²) in [6, 6.07) is 12.4. The van der Waals surface area contributed by atoms with E-state index in [9.17, 15) is 9.59 Å². The Bertz CT molecular complexity index is 1160. The average Bonchev–Trinajstić information content (AvgIpc) is 3.08. The van der Waals surface area contributed by atoms with Gasteiger partial charge in [-0.25, -0.2) is 4.79 Å². The van der Waals surface area contributed by atoms with Crippen molar-refractivity contribution in [2.24, 2.45) is 21.4 Å². The zero-order valence-corrected chi connectivity index (χ0v) is 20.4. The van der Waals surface area contributed by atoms with Crippen LogP contribution in [0.5, 0.6) is 5.75 Å². The number of carbonyl (C=O) groups is 2. The molecule has 2 aromatic rings. The number of halogens is 1. The molecule has 2 aliphatic rings. The Morgan fingerprint density at radius 1 is 1.09 bits per heavy atom. The van der Waals surface area contributed by atoms with Crippen LogP contribution in [0, 0.1) is 23.2 Å². The summed E-state index contributed by atoms with van der Waals surface area (Å²) in [7, 11) is 1.59. The lowest BCUT2D eigenvalue weighted by molar-refractivity contribution is -0.130. The lowest BCUT2D eigenvalue weighted by Gasteiger charge is -2.39. The van der Waals surface area contributed by atoms with Gasteiger partial charge in [0.15, 0.2) is 0 Å². The van der Waals surface area contributed by atoms with Crippen LogP contribution < -0.4 is 10.1 Å². The molecule has 2 unspecified atom stereocenters. The Morgan fingerprint density at radius 2 is 1.82 bits per heavy atom. The van der Waals surface area contributed by atoms with Crippen molar-refractivity contribution in [3.8, 4) is 5.75 Å². The van der Waals surface area contributed by atoms with Crippen LogP contribution in [0.3, 0.4) is 0 Å². The molecule has 2 saturated carbocycles. The summed E-state index contributed by atoms with van der Waals surface area (Å²) in [5, 5.41) is 7.70. The molecule has 2 aliphatic carbocycles. The monoisotopic (exact) mass is 468 g/mol. The Morgan fingerprint density at radius 3 is 2.52 bits per heavy atom. The summed E-state index contributed by atoms with van der Waals surface area (Å²) in [4.78, 5) is 31.6. The molecule has 0 heterocycles. The second kappa shape index (κ2) is 8.17. The molecule has 0 spiro atoms. The van der Waals surface area contributed by atoms with Gasteiger partial charge in [0.25, 0.3) is 0 Å². The summed E-state index contributed by atoms with van der Waals surface area (Å²) >= 11 is 6.11. The highest BCUT2D eigenvalue weighted by Crippen LogP contribution is 2.71. The maximum absolute atomic E-state index is 13.7. The van der Waals surface area contributed by atoms with Crippen molar-refractivity contribution in [1.82, 2.24) is 0 Å². The highest BCUT2D eigenvalue weighted by Gasteiger charge is 2.71. The first-order valence-corrected chi connectivity index (χ1v) is 11.4. The van der Waals surface area contributed by atoms with E-state index in [2.05, 4.69) is 31.2 Å². The lowest BCUT2D eigenvalue weighted by atomic mass is 9.64. The van der Waals surface area contributed by atoms with Gasteiger partial charge in [-0.05, 0) is 55.0 Å². The van der Waals surface area contributed by atoms with Gasteiger partial charge in [-0.1, -0.05) is 55.7 Å². The Labute approximate surface area is 199 Å². The molecule has 7 heteroatoms. The first-order chi connectivity index (χ1) is 15.6. The van der Waals surface area contributed by atoms with Gasteiger partial charge in [0.05, 0.1) is 34.5 Å². The third kappa shape index (κ3) is 3.52. The number of methoxy groups -OCH3 is 1. The van der Waals surface area contributed by atoms with E-state index in [1.165, 1.54) is 0 Å². The van der Waals surface area contributed by atoms with Crippen LogP contribution in [-0.2, 0) is 9.63 Å². The van der Waals surface area contributed by atoms with E-state index in [1.807, 2.05) is 25.1 Å². The van der Waals surface area contributed by atoms with Crippen molar-refractivity contribution >= 4 is 34.9 Å². The van der Waals surface area contributed by atoms with Crippen LogP contribution in [0.4, 0.5) is 5.69 Å². The fourth-order valence-electron chi connectivity index (χ4n) is 5.46. The van der Waals surface area contributed by atoms with Crippen molar-refractivity contribution in [3.05, 3.63) is 58.6 Å². The summed E-state index contributed by atoms with van der Waals surface area (Å²) in [5.41, 5.74) is 1.22. The van der Waals surface area contributed by atoms with Crippen LogP contribution in [0.25, 0.3) is 0 Å². The number of nitrogens with one attached hydrogen (secondary N) is 1. The quantitative estimate of drug-likeness (QED) is 0.429. The summed E-state index contributed by atoms with van der Waals surface area (Å²) in [6.07, 6.45) is 1.93. The maximum Gasteiger partial charge on any atom is 0.367 e. The van der Waals surface area contributed by atoms with Gasteiger partial charge in [0, 0.05) is 11.8 Å². The van der Waals surface area contributed by atoms with Crippen molar-refractivity contribution in [1.29, 1.82) is 0 Å². The third-order valence-corrected chi connectivity index (χ3v) is 8.43. The van der Waals surface area contributed by atoms with Crippen molar-refractivity contribution in [2.45, 2.75) is 47.0 Å². The van der Waals surface area contributed by atoms with Gasteiger partial charge >= 0.3 is 5.97 Å².